The maximum atomic E-state index is 11.7. The van der Waals surface area contributed by atoms with Crippen molar-refractivity contribution in [3.63, 3.8) is 0 Å². The van der Waals surface area contributed by atoms with Crippen LogP contribution in [0.5, 0.6) is 0 Å². The van der Waals surface area contributed by atoms with Gasteiger partial charge in [-0.2, -0.15) is 0 Å². The maximum absolute atomic E-state index is 11.7. The zero-order valence-electron chi connectivity index (χ0n) is 16.1. The van der Waals surface area contributed by atoms with E-state index in [2.05, 4.69) is 27.8 Å². The molecule has 1 aromatic carbocycles. The molecule has 0 aliphatic carbocycles. The Morgan fingerprint density at radius 1 is 1.11 bits per heavy atom. The first kappa shape index (κ1) is 22.3. The molecule has 0 atom stereocenters. The van der Waals surface area contributed by atoms with Gasteiger partial charge in [0.2, 0.25) is 5.91 Å². The van der Waals surface area contributed by atoms with Crippen molar-refractivity contribution in [2.45, 2.75) is 32.2 Å². The van der Waals surface area contributed by atoms with E-state index in [9.17, 15) is 4.79 Å². The molecular formula is C21H29IN4O2. The molecule has 28 heavy (non-hydrogen) atoms. The lowest BCUT2D eigenvalue weighted by Gasteiger charge is -2.16. The third-order valence-corrected chi connectivity index (χ3v) is 4.58. The highest BCUT2D eigenvalue weighted by atomic mass is 127. The van der Waals surface area contributed by atoms with Gasteiger partial charge >= 0.3 is 0 Å². The zero-order chi connectivity index (χ0) is 18.7. The summed E-state index contributed by atoms with van der Waals surface area (Å²) in [7, 11) is 0. The van der Waals surface area contributed by atoms with Crippen LogP contribution >= 0.6 is 24.0 Å². The molecule has 1 fully saturated rings. The van der Waals surface area contributed by atoms with E-state index in [1.54, 1.807) is 6.26 Å². The predicted octanol–water partition coefficient (Wildman–Crippen LogP) is 3.19. The van der Waals surface area contributed by atoms with Crippen molar-refractivity contribution in [3.8, 4) is 0 Å². The van der Waals surface area contributed by atoms with Crippen LogP contribution in [0.15, 0.2) is 58.1 Å². The van der Waals surface area contributed by atoms with Crippen LogP contribution in [-0.4, -0.2) is 42.9 Å². The second kappa shape index (κ2) is 12.4. The number of guanidine groups is 1. The molecule has 3 rings (SSSR count). The van der Waals surface area contributed by atoms with Crippen molar-refractivity contribution < 1.29 is 9.21 Å². The Morgan fingerprint density at radius 2 is 1.93 bits per heavy atom. The van der Waals surface area contributed by atoms with Gasteiger partial charge in [0, 0.05) is 39.0 Å². The first-order valence-electron chi connectivity index (χ1n) is 9.67. The lowest BCUT2D eigenvalue weighted by atomic mass is 10.2. The fourth-order valence-electron chi connectivity index (χ4n) is 3.10. The van der Waals surface area contributed by atoms with Crippen LogP contribution in [0.2, 0.25) is 0 Å². The standard InChI is InChI=1S/C21H28N4O2.HI/c26-20-10-4-14-25(20)15-6-12-22-21(23-13-11-19-9-5-16-27-19)24-17-18-7-2-1-3-8-18;/h1-3,5,7-9,16H,4,6,10-15,17H2,(H2,22,23,24);1H. The van der Waals surface area contributed by atoms with E-state index in [1.165, 1.54) is 5.56 Å². The number of hydrogen-bond acceptors (Lipinski definition) is 3. The van der Waals surface area contributed by atoms with Gasteiger partial charge < -0.3 is 20.0 Å². The number of benzene rings is 1. The quantitative estimate of drug-likeness (QED) is 0.242. The van der Waals surface area contributed by atoms with Crippen LogP contribution in [0, 0.1) is 0 Å². The smallest absolute Gasteiger partial charge is 0.222 e. The Balaban J connectivity index is 0.00000280. The molecule has 0 saturated carbocycles. The number of nitrogens with one attached hydrogen (secondary N) is 2. The normalized spacial score (nSPS) is 14.1. The fraction of sp³-hybridized carbons (Fsp3) is 0.429. The molecular weight excluding hydrogens is 467 g/mol. The van der Waals surface area contributed by atoms with Gasteiger partial charge in [0.25, 0.3) is 0 Å². The van der Waals surface area contributed by atoms with E-state index >= 15 is 0 Å². The van der Waals surface area contributed by atoms with Gasteiger partial charge in [-0.15, -0.1) is 24.0 Å². The highest BCUT2D eigenvalue weighted by molar-refractivity contribution is 14.0. The van der Waals surface area contributed by atoms with Gasteiger partial charge in [-0.05, 0) is 30.5 Å². The van der Waals surface area contributed by atoms with Gasteiger partial charge in [-0.3, -0.25) is 4.79 Å². The molecule has 1 aliphatic heterocycles. The van der Waals surface area contributed by atoms with Crippen LogP contribution in [0.1, 0.15) is 30.6 Å². The number of furan rings is 1. The molecule has 1 aliphatic rings. The van der Waals surface area contributed by atoms with Crippen molar-refractivity contribution in [1.29, 1.82) is 0 Å². The Hall–Kier alpha value is -2.03. The van der Waals surface area contributed by atoms with Gasteiger partial charge in [-0.25, -0.2) is 4.99 Å². The third-order valence-electron chi connectivity index (χ3n) is 4.58. The molecule has 0 radical (unpaired) electrons. The van der Waals surface area contributed by atoms with Gasteiger partial charge in [0.1, 0.15) is 5.76 Å². The number of carbonyl (C=O) groups excluding carboxylic acids is 1. The molecule has 6 nitrogen and oxygen atoms in total. The summed E-state index contributed by atoms with van der Waals surface area (Å²) < 4.78 is 5.37. The first-order chi connectivity index (χ1) is 13.3. The number of carbonyl (C=O) groups is 1. The third kappa shape index (κ3) is 7.53. The summed E-state index contributed by atoms with van der Waals surface area (Å²) in [6.45, 7) is 3.87. The molecule has 7 heteroatoms. The van der Waals surface area contributed by atoms with Crippen molar-refractivity contribution in [2.24, 2.45) is 4.99 Å². The minimum absolute atomic E-state index is 0. The minimum atomic E-state index is 0. The summed E-state index contributed by atoms with van der Waals surface area (Å²) in [6, 6.07) is 14.1. The molecule has 2 aromatic rings. The number of rotatable bonds is 9. The molecule has 152 valence electrons. The van der Waals surface area contributed by atoms with E-state index in [1.807, 2.05) is 35.2 Å². The van der Waals surface area contributed by atoms with E-state index < -0.39 is 0 Å². The topological polar surface area (TPSA) is 69.9 Å². The predicted molar refractivity (Wildman–Crippen MR) is 122 cm³/mol. The summed E-state index contributed by atoms with van der Waals surface area (Å²) in [4.78, 5) is 18.3. The van der Waals surface area contributed by atoms with Crippen molar-refractivity contribution in [3.05, 3.63) is 60.1 Å². The first-order valence-corrected chi connectivity index (χ1v) is 9.67. The zero-order valence-corrected chi connectivity index (χ0v) is 18.4. The van der Waals surface area contributed by atoms with Gasteiger partial charge in [0.05, 0.1) is 12.8 Å². The van der Waals surface area contributed by atoms with Crippen LogP contribution in [0.4, 0.5) is 0 Å². The highest BCUT2D eigenvalue weighted by Gasteiger charge is 2.18. The number of amides is 1. The van der Waals surface area contributed by atoms with Crippen LogP contribution in [0.3, 0.4) is 0 Å². The molecule has 1 aromatic heterocycles. The Kier molecular flexibility index (Phi) is 9.88. The minimum Gasteiger partial charge on any atom is -0.469 e. The average Bonchev–Trinajstić information content (AvgIpc) is 3.35. The second-order valence-electron chi connectivity index (χ2n) is 6.67. The van der Waals surface area contributed by atoms with Crippen LogP contribution < -0.4 is 10.6 Å². The van der Waals surface area contributed by atoms with Crippen LogP contribution in [0.25, 0.3) is 0 Å². The van der Waals surface area contributed by atoms with Gasteiger partial charge in [0.15, 0.2) is 5.96 Å². The molecule has 2 N–H and O–H groups in total. The largest absolute Gasteiger partial charge is 0.469 e. The number of halogens is 1. The summed E-state index contributed by atoms with van der Waals surface area (Å²) in [5.41, 5.74) is 1.17. The van der Waals surface area contributed by atoms with E-state index in [-0.39, 0.29) is 29.9 Å². The lowest BCUT2D eigenvalue weighted by molar-refractivity contribution is -0.127. The average molecular weight is 496 g/mol. The number of nitrogens with zero attached hydrogens (tertiary/aromatic N) is 2. The second-order valence-corrected chi connectivity index (χ2v) is 6.67. The van der Waals surface area contributed by atoms with Crippen molar-refractivity contribution in [2.75, 3.05) is 26.2 Å². The van der Waals surface area contributed by atoms with E-state index in [0.717, 1.165) is 57.2 Å². The monoisotopic (exact) mass is 496 g/mol. The van der Waals surface area contributed by atoms with Crippen LogP contribution in [-0.2, 0) is 17.8 Å². The van der Waals surface area contributed by atoms with Gasteiger partial charge in [-0.1, -0.05) is 30.3 Å². The lowest BCUT2D eigenvalue weighted by Crippen LogP contribution is -2.40. The molecule has 0 spiro atoms. The molecule has 0 unspecified atom stereocenters. The SMILES string of the molecule is I.O=C1CCCN1CCCNC(=NCc1ccccc1)NCCc1ccco1. The molecule has 2 heterocycles. The van der Waals surface area contributed by atoms with E-state index in [4.69, 9.17) is 4.42 Å². The summed E-state index contributed by atoms with van der Waals surface area (Å²) >= 11 is 0. The number of hydrogen-bond donors (Lipinski definition) is 2. The summed E-state index contributed by atoms with van der Waals surface area (Å²) in [5, 5.41) is 6.74. The Labute approximate surface area is 183 Å². The van der Waals surface area contributed by atoms with Crippen molar-refractivity contribution in [1.82, 2.24) is 15.5 Å². The summed E-state index contributed by atoms with van der Waals surface area (Å²) in [5.74, 6) is 2.03. The maximum Gasteiger partial charge on any atom is 0.222 e. The highest BCUT2D eigenvalue weighted by Crippen LogP contribution is 2.09. The Morgan fingerprint density at radius 3 is 2.64 bits per heavy atom. The Bertz CT molecular complexity index is 719. The fourth-order valence-corrected chi connectivity index (χ4v) is 3.10. The molecule has 1 saturated heterocycles. The molecule has 1 amide bonds. The summed E-state index contributed by atoms with van der Waals surface area (Å²) in [6.07, 6.45) is 5.10. The number of aliphatic imine (C=N–C) groups is 1. The number of likely N-dealkylation sites (tertiary alicyclic amines) is 1. The van der Waals surface area contributed by atoms with Crippen molar-refractivity contribution >= 4 is 35.8 Å². The molecule has 0 bridgehead atoms. The van der Waals surface area contributed by atoms with E-state index in [0.29, 0.717) is 13.0 Å².